The molecule has 29 heavy (non-hydrogen) atoms. The SMILES string of the molecule is Cc1ccc(C2NS(=O)(=O)N(CCCC(=O)O)C=C2C(=O)OCC2CC2)c(Cl)c1. The van der Waals surface area contributed by atoms with Crippen molar-refractivity contribution in [1.82, 2.24) is 9.03 Å². The van der Waals surface area contributed by atoms with Crippen molar-refractivity contribution in [2.75, 3.05) is 13.2 Å². The van der Waals surface area contributed by atoms with Gasteiger partial charge in [0, 0.05) is 24.2 Å². The number of carboxylic acid groups (broad SMARTS) is 1. The van der Waals surface area contributed by atoms with E-state index in [0.717, 1.165) is 22.7 Å². The summed E-state index contributed by atoms with van der Waals surface area (Å²) < 4.78 is 34.2. The molecule has 10 heteroatoms. The van der Waals surface area contributed by atoms with Gasteiger partial charge in [0.25, 0.3) is 0 Å². The number of halogens is 1. The van der Waals surface area contributed by atoms with Gasteiger partial charge in [-0.25, -0.2) is 4.79 Å². The summed E-state index contributed by atoms with van der Waals surface area (Å²) in [5, 5.41) is 9.13. The van der Waals surface area contributed by atoms with E-state index in [1.165, 1.54) is 6.20 Å². The van der Waals surface area contributed by atoms with E-state index >= 15 is 0 Å². The average molecular weight is 443 g/mol. The highest BCUT2D eigenvalue weighted by Crippen LogP contribution is 2.35. The summed E-state index contributed by atoms with van der Waals surface area (Å²) in [5.41, 5.74) is 1.46. The number of aliphatic carboxylic acids is 1. The summed E-state index contributed by atoms with van der Waals surface area (Å²) in [6.07, 6.45) is 3.16. The van der Waals surface area contributed by atoms with Gasteiger partial charge in [0.05, 0.1) is 18.2 Å². The number of benzene rings is 1. The summed E-state index contributed by atoms with van der Waals surface area (Å²) in [4.78, 5) is 23.5. The first-order valence-electron chi connectivity index (χ1n) is 9.33. The Hall–Kier alpha value is -2.10. The van der Waals surface area contributed by atoms with E-state index in [2.05, 4.69) is 4.72 Å². The Morgan fingerprint density at radius 1 is 1.34 bits per heavy atom. The topological polar surface area (TPSA) is 113 Å². The number of carbonyl (C=O) groups is 2. The number of esters is 1. The standard InChI is InChI=1S/C19H23ClN2O6S/c1-12-4-7-14(16(20)9-12)18-15(19(25)28-11-13-5-6-13)10-22(29(26,27)21-18)8-2-3-17(23)24/h4,7,9-10,13,18,21H,2-3,5-6,8,11H2,1H3,(H,23,24). The molecule has 1 aliphatic heterocycles. The highest BCUT2D eigenvalue weighted by Gasteiger charge is 2.37. The van der Waals surface area contributed by atoms with E-state index < -0.39 is 28.2 Å². The molecule has 0 bridgehead atoms. The Morgan fingerprint density at radius 2 is 2.07 bits per heavy atom. The number of aryl methyl sites for hydroxylation is 1. The van der Waals surface area contributed by atoms with Gasteiger partial charge in [-0.05, 0) is 49.3 Å². The molecule has 1 aliphatic carbocycles. The van der Waals surface area contributed by atoms with Gasteiger partial charge in [-0.2, -0.15) is 13.1 Å². The van der Waals surface area contributed by atoms with Crippen molar-refractivity contribution in [2.24, 2.45) is 5.92 Å². The molecule has 0 saturated heterocycles. The van der Waals surface area contributed by atoms with Crippen LogP contribution < -0.4 is 4.72 Å². The maximum absolute atomic E-state index is 12.7. The Labute approximate surface area is 174 Å². The monoisotopic (exact) mass is 442 g/mol. The van der Waals surface area contributed by atoms with Crippen molar-refractivity contribution in [3.63, 3.8) is 0 Å². The number of hydrogen-bond acceptors (Lipinski definition) is 5. The minimum absolute atomic E-state index is 0.0740. The minimum Gasteiger partial charge on any atom is -0.481 e. The predicted molar refractivity (Wildman–Crippen MR) is 106 cm³/mol. The normalized spacial score (nSPS) is 20.8. The fourth-order valence-electron chi connectivity index (χ4n) is 2.98. The van der Waals surface area contributed by atoms with Crippen molar-refractivity contribution < 1.29 is 27.9 Å². The van der Waals surface area contributed by atoms with Crippen LogP contribution in [0.3, 0.4) is 0 Å². The van der Waals surface area contributed by atoms with Crippen molar-refractivity contribution in [3.8, 4) is 0 Å². The quantitative estimate of drug-likeness (QED) is 0.598. The van der Waals surface area contributed by atoms with Crippen LogP contribution in [0.4, 0.5) is 0 Å². The summed E-state index contributed by atoms with van der Waals surface area (Å²) in [6.45, 7) is 2.07. The third kappa shape index (κ3) is 5.49. The van der Waals surface area contributed by atoms with Gasteiger partial charge in [0.15, 0.2) is 0 Å². The number of rotatable bonds is 8. The van der Waals surface area contributed by atoms with E-state index in [-0.39, 0.29) is 31.6 Å². The van der Waals surface area contributed by atoms with Crippen LogP contribution in [0, 0.1) is 12.8 Å². The van der Waals surface area contributed by atoms with E-state index in [1.807, 2.05) is 6.92 Å². The lowest BCUT2D eigenvalue weighted by atomic mass is 9.99. The lowest BCUT2D eigenvalue weighted by Gasteiger charge is -2.32. The number of nitrogens with one attached hydrogen (secondary N) is 1. The molecule has 1 unspecified atom stereocenters. The van der Waals surface area contributed by atoms with Crippen LogP contribution in [-0.2, 0) is 24.5 Å². The van der Waals surface area contributed by atoms with Crippen molar-refractivity contribution in [3.05, 3.63) is 46.1 Å². The van der Waals surface area contributed by atoms with E-state index in [1.54, 1.807) is 18.2 Å². The van der Waals surface area contributed by atoms with Crippen LogP contribution >= 0.6 is 11.6 Å². The second-order valence-electron chi connectivity index (χ2n) is 7.32. The molecule has 1 fully saturated rings. The predicted octanol–water partition coefficient (Wildman–Crippen LogP) is 2.54. The van der Waals surface area contributed by atoms with Crippen molar-refractivity contribution >= 4 is 33.7 Å². The van der Waals surface area contributed by atoms with Crippen LogP contribution in [0.25, 0.3) is 0 Å². The van der Waals surface area contributed by atoms with Crippen LogP contribution in [0.2, 0.25) is 5.02 Å². The van der Waals surface area contributed by atoms with E-state index in [9.17, 15) is 18.0 Å². The largest absolute Gasteiger partial charge is 0.481 e. The summed E-state index contributed by atoms with van der Waals surface area (Å²) in [5.74, 6) is -1.29. The number of carboxylic acids is 1. The molecule has 1 heterocycles. The lowest BCUT2D eigenvalue weighted by molar-refractivity contribution is -0.140. The molecule has 1 atom stereocenters. The molecular weight excluding hydrogens is 420 g/mol. The minimum atomic E-state index is -3.98. The van der Waals surface area contributed by atoms with Crippen LogP contribution in [0.5, 0.6) is 0 Å². The van der Waals surface area contributed by atoms with Gasteiger partial charge in [-0.1, -0.05) is 23.7 Å². The van der Waals surface area contributed by atoms with Crippen LogP contribution in [0.15, 0.2) is 30.0 Å². The van der Waals surface area contributed by atoms with Crippen molar-refractivity contribution in [2.45, 2.75) is 38.6 Å². The van der Waals surface area contributed by atoms with Gasteiger partial charge in [-0.15, -0.1) is 0 Å². The van der Waals surface area contributed by atoms with Gasteiger partial charge >= 0.3 is 22.1 Å². The van der Waals surface area contributed by atoms with Gasteiger partial charge in [0.2, 0.25) is 0 Å². The second kappa shape index (κ2) is 8.73. The second-order valence-corrected chi connectivity index (χ2v) is 9.38. The molecule has 0 aromatic heterocycles. The fraction of sp³-hybridized carbons (Fsp3) is 0.474. The zero-order valence-corrected chi connectivity index (χ0v) is 17.5. The molecule has 0 radical (unpaired) electrons. The van der Waals surface area contributed by atoms with Gasteiger partial charge in [-0.3, -0.25) is 9.10 Å². The summed E-state index contributed by atoms with van der Waals surface area (Å²) >= 11 is 6.33. The zero-order valence-electron chi connectivity index (χ0n) is 15.9. The van der Waals surface area contributed by atoms with Crippen LogP contribution in [0.1, 0.15) is 42.9 Å². The third-order valence-corrected chi connectivity index (χ3v) is 6.55. The maximum atomic E-state index is 12.7. The molecule has 0 amide bonds. The molecule has 1 aromatic rings. The first-order chi connectivity index (χ1) is 13.7. The van der Waals surface area contributed by atoms with Gasteiger partial charge < -0.3 is 9.84 Å². The summed E-state index contributed by atoms with van der Waals surface area (Å²) in [7, 11) is -3.98. The number of hydrogen-bond donors (Lipinski definition) is 2. The first kappa shape index (κ1) is 21.6. The highest BCUT2D eigenvalue weighted by molar-refractivity contribution is 7.87. The lowest BCUT2D eigenvalue weighted by Crippen LogP contribution is -2.46. The summed E-state index contributed by atoms with van der Waals surface area (Å²) in [6, 6.07) is 4.16. The number of nitrogens with zero attached hydrogens (tertiary/aromatic N) is 1. The maximum Gasteiger partial charge on any atom is 0.337 e. The Balaban J connectivity index is 1.92. The molecule has 0 spiro atoms. The fourth-order valence-corrected chi connectivity index (χ4v) is 4.63. The number of carbonyl (C=O) groups excluding carboxylic acids is 1. The molecule has 2 N–H and O–H groups in total. The molecule has 1 saturated carbocycles. The van der Waals surface area contributed by atoms with Crippen LogP contribution in [-0.4, -0.2) is 42.9 Å². The molecule has 2 aliphatic rings. The number of ether oxygens (including phenoxy) is 1. The highest BCUT2D eigenvalue weighted by atomic mass is 35.5. The molecule has 3 rings (SSSR count). The molecule has 1 aromatic carbocycles. The third-order valence-electron chi connectivity index (χ3n) is 4.79. The van der Waals surface area contributed by atoms with Crippen molar-refractivity contribution in [1.29, 1.82) is 0 Å². The Bertz CT molecular complexity index is 942. The smallest absolute Gasteiger partial charge is 0.337 e. The molecule has 8 nitrogen and oxygen atoms in total. The molecule has 158 valence electrons. The Kier molecular flexibility index (Phi) is 6.50. The van der Waals surface area contributed by atoms with Gasteiger partial charge in [0.1, 0.15) is 0 Å². The van der Waals surface area contributed by atoms with E-state index in [0.29, 0.717) is 16.5 Å². The zero-order chi connectivity index (χ0) is 21.2. The van der Waals surface area contributed by atoms with E-state index in [4.69, 9.17) is 21.4 Å². The first-order valence-corrected chi connectivity index (χ1v) is 11.1. The average Bonchev–Trinajstić information content (AvgIpc) is 3.45. The Morgan fingerprint density at radius 3 is 2.69 bits per heavy atom. The molecular formula is C19H23ClN2O6S.